The summed E-state index contributed by atoms with van der Waals surface area (Å²) in [6, 6.07) is 10.00. The van der Waals surface area contributed by atoms with Crippen molar-refractivity contribution < 1.29 is 9.59 Å². The van der Waals surface area contributed by atoms with E-state index in [0.717, 1.165) is 6.54 Å². The molecule has 1 saturated heterocycles. The van der Waals surface area contributed by atoms with Gasteiger partial charge in [-0.15, -0.1) is 0 Å². The van der Waals surface area contributed by atoms with Crippen LogP contribution in [0.2, 0.25) is 0 Å². The molecule has 2 rings (SSSR count). The smallest absolute Gasteiger partial charge is 0.158 e. The number of benzene rings is 1. The van der Waals surface area contributed by atoms with Gasteiger partial charge in [0.05, 0.1) is 12.5 Å². The summed E-state index contributed by atoms with van der Waals surface area (Å²) < 4.78 is 0. The van der Waals surface area contributed by atoms with Crippen molar-refractivity contribution in [2.24, 2.45) is 5.92 Å². The van der Waals surface area contributed by atoms with Gasteiger partial charge in [-0.1, -0.05) is 30.3 Å². The zero-order chi connectivity index (χ0) is 11.5. The maximum atomic E-state index is 11.6. The van der Waals surface area contributed by atoms with Gasteiger partial charge in [0.1, 0.15) is 5.78 Å². The molecule has 0 N–H and O–H groups in total. The highest BCUT2D eigenvalue weighted by Crippen LogP contribution is 2.16. The minimum absolute atomic E-state index is 0.0134. The monoisotopic (exact) mass is 217 g/mol. The summed E-state index contributed by atoms with van der Waals surface area (Å²) in [6.07, 6.45) is 0. The van der Waals surface area contributed by atoms with E-state index in [9.17, 15) is 9.59 Å². The van der Waals surface area contributed by atoms with Crippen molar-refractivity contribution in [2.75, 3.05) is 13.1 Å². The van der Waals surface area contributed by atoms with Crippen molar-refractivity contribution in [3.05, 3.63) is 35.9 Å². The Labute approximate surface area is 95.1 Å². The molecule has 1 aliphatic heterocycles. The third kappa shape index (κ3) is 2.36. The largest absolute Gasteiger partial charge is 0.299 e. The molecule has 1 aromatic carbocycles. The Morgan fingerprint density at radius 1 is 1.38 bits per heavy atom. The highest BCUT2D eigenvalue weighted by atomic mass is 16.2. The molecule has 1 fully saturated rings. The van der Waals surface area contributed by atoms with Crippen molar-refractivity contribution >= 4 is 11.6 Å². The third-order valence-corrected chi connectivity index (χ3v) is 2.95. The average Bonchev–Trinajstić information content (AvgIpc) is 2.61. The van der Waals surface area contributed by atoms with Crippen LogP contribution in [-0.2, 0) is 16.1 Å². The van der Waals surface area contributed by atoms with E-state index in [2.05, 4.69) is 0 Å². The zero-order valence-corrected chi connectivity index (χ0v) is 9.35. The highest BCUT2D eigenvalue weighted by molar-refractivity contribution is 6.03. The summed E-state index contributed by atoms with van der Waals surface area (Å²) in [6.45, 7) is 3.22. The number of hydrogen-bond donors (Lipinski definition) is 0. The second-order valence-electron chi connectivity index (χ2n) is 4.28. The first-order valence-electron chi connectivity index (χ1n) is 5.46. The van der Waals surface area contributed by atoms with Gasteiger partial charge in [0, 0.05) is 13.1 Å². The fraction of sp³-hybridized carbons (Fsp3) is 0.385. The Balaban J connectivity index is 1.99. The Kier molecular flexibility index (Phi) is 3.15. The number of hydrogen-bond acceptors (Lipinski definition) is 3. The molecule has 84 valence electrons. The molecule has 0 amide bonds. The Morgan fingerprint density at radius 2 is 2.06 bits per heavy atom. The second kappa shape index (κ2) is 4.58. The van der Waals surface area contributed by atoms with Crippen LogP contribution in [0.3, 0.4) is 0 Å². The van der Waals surface area contributed by atoms with Crippen molar-refractivity contribution in [3.8, 4) is 0 Å². The molecule has 0 saturated carbocycles. The Bertz CT molecular complexity index is 400. The minimum Gasteiger partial charge on any atom is -0.299 e. The van der Waals surface area contributed by atoms with Crippen molar-refractivity contribution in [3.63, 3.8) is 0 Å². The van der Waals surface area contributed by atoms with E-state index in [1.165, 1.54) is 12.5 Å². The van der Waals surface area contributed by atoms with Gasteiger partial charge in [-0.25, -0.2) is 0 Å². The van der Waals surface area contributed by atoms with Gasteiger partial charge in [-0.3, -0.25) is 14.5 Å². The number of nitrogens with zero attached hydrogens (tertiary/aromatic N) is 1. The molecule has 0 aromatic heterocycles. The SMILES string of the molecule is CC(=O)[C@H]1CN(Cc2ccccc2)CC1=O. The first-order valence-corrected chi connectivity index (χ1v) is 5.46. The fourth-order valence-corrected chi connectivity index (χ4v) is 2.07. The zero-order valence-electron chi connectivity index (χ0n) is 9.35. The second-order valence-corrected chi connectivity index (χ2v) is 4.28. The van der Waals surface area contributed by atoms with Gasteiger partial charge in [-0.2, -0.15) is 0 Å². The number of ketones is 2. The molecule has 1 aromatic rings. The lowest BCUT2D eigenvalue weighted by atomic mass is 10.0. The van der Waals surface area contributed by atoms with E-state index in [-0.39, 0.29) is 11.6 Å². The fourth-order valence-electron chi connectivity index (χ4n) is 2.07. The average molecular weight is 217 g/mol. The summed E-state index contributed by atoms with van der Waals surface area (Å²) >= 11 is 0. The van der Waals surface area contributed by atoms with Gasteiger partial charge >= 0.3 is 0 Å². The summed E-state index contributed by atoms with van der Waals surface area (Å²) in [5, 5.41) is 0. The molecule has 1 atom stereocenters. The van der Waals surface area contributed by atoms with Crippen molar-refractivity contribution in [1.29, 1.82) is 0 Å². The van der Waals surface area contributed by atoms with Gasteiger partial charge in [-0.05, 0) is 12.5 Å². The summed E-state index contributed by atoms with van der Waals surface area (Å²) in [7, 11) is 0. The Morgan fingerprint density at radius 3 is 2.62 bits per heavy atom. The standard InChI is InChI=1S/C13H15NO2/c1-10(15)12-8-14(9-13(12)16)7-11-5-3-2-4-6-11/h2-6,12H,7-9H2,1H3/t12-/m1/s1. The molecule has 16 heavy (non-hydrogen) atoms. The van der Waals surface area contributed by atoms with Gasteiger partial charge in [0.2, 0.25) is 0 Å². The highest BCUT2D eigenvalue weighted by Gasteiger charge is 2.33. The van der Waals surface area contributed by atoms with Crippen LogP contribution in [0, 0.1) is 5.92 Å². The number of carbonyl (C=O) groups is 2. The van der Waals surface area contributed by atoms with E-state index < -0.39 is 5.92 Å². The molecule has 0 aliphatic carbocycles. The van der Waals surface area contributed by atoms with Crippen LogP contribution in [0.1, 0.15) is 12.5 Å². The number of Topliss-reactive ketones (excluding diaryl/α,β-unsaturated/α-hetero) is 2. The molecular formula is C13H15NO2. The molecule has 0 unspecified atom stereocenters. The molecule has 0 radical (unpaired) electrons. The molecular weight excluding hydrogens is 202 g/mol. The lowest BCUT2D eigenvalue weighted by molar-refractivity contribution is -0.128. The molecule has 0 bridgehead atoms. The van der Waals surface area contributed by atoms with Gasteiger partial charge in [0.25, 0.3) is 0 Å². The van der Waals surface area contributed by atoms with Crippen molar-refractivity contribution in [1.82, 2.24) is 4.90 Å². The van der Waals surface area contributed by atoms with Gasteiger partial charge in [0.15, 0.2) is 5.78 Å². The summed E-state index contributed by atoms with van der Waals surface area (Å²) in [5.74, 6) is -0.354. The van der Waals surface area contributed by atoms with Crippen LogP contribution < -0.4 is 0 Å². The quantitative estimate of drug-likeness (QED) is 0.716. The topological polar surface area (TPSA) is 37.4 Å². The van der Waals surface area contributed by atoms with Crippen LogP contribution in [0.5, 0.6) is 0 Å². The molecule has 1 heterocycles. The van der Waals surface area contributed by atoms with E-state index in [1.807, 2.05) is 35.2 Å². The number of rotatable bonds is 3. The third-order valence-electron chi connectivity index (χ3n) is 2.95. The van der Waals surface area contributed by atoms with E-state index >= 15 is 0 Å². The molecule has 3 heteroatoms. The molecule has 0 spiro atoms. The van der Waals surface area contributed by atoms with Crippen LogP contribution >= 0.6 is 0 Å². The van der Waals surface area contributed by atoms with Crippen LogP contribution in [0.4, 0.5) is 0 Å². The predicted octanol–water partition coefficient (Wildman–Crippen LogP) is 1.28. The summed E-state index contributed by atoms with van der Waals surface area (Å²) in [4.78, 5) is 24.8. The lowest BCUT2D eigenvalue weighted by Crippen LogP contribution is -2.22. The van der Waals surface area contributed by atoms with E-state index in [4.69, 9.17) is 0 Å². The minimum atomic E-state index is -0.399. The first kappa shape index (κ1) is 11.0. The van der Waals surface area contributed by atoms with Crippen LogP contribution in [0.25, 0.3) is 0 Å². The predicted molar refractivity (Wildman–Crippen MR) is 60.9 cm³/mol. The maximum Gasteiger partial charge on any atom is 0.158 e. The van der Waals surface area contributed by atoms with E-state index in [1.54, 1.807) is 0 Å². The van der Waals surface area contributed by atoms with Crippen LogP contribution in [-0.4, -0.2) is 29.6 Å². The van der Waals surface area contributed by atoms with Gasteiger partial charge < -0.3 is 0 Å². The number of likely N-dealkylation sites (tertiary alicyclic amines) is 1. The lowest BCUT2D eigenvalue weighted by Gasteiger charge is -2.13. The van der Waals surface area contributed by atoms with E-state index in [0.29, 0.717) is 13.1 Å². The summed E-state index contributed by atoms with van der Waals surface area (Å²) in [5.41, 5.74) is 1.18. The molecule has 3 nitrogen and oxygen atoms in total. The number of carbonyl (C=O) groups excluding carboxylic acids is 2. The molecule has 1 aliphatic rings. The van der Waals surface area contributed by atoms with Crippen molar-refractivity contribution in [2.45, 2.75) is 13.5 Å². The van der Waals surface area contributed by atoms with Crippen LogP contribution in [0.15, 0.2) is 30.3 Å². The first-order chi connectivity index (χ1) is 7.66. The maximum absolute atomic E-state index is 11.6. The Hall–Kier alpha value is -1.48. The normalized spacial score (nSPS) is 21.3.